The summed E-state index contributed by atoms with van der Waals surface area (Å²) < 4.78 is 76.8. The Hall–Kier alpha value is -1.14. The van der Waals surface area contributed by atoms with Crippen LogP contribution in [-0.2, 0) is 10.1 Å². The second-order valence-electron chi connectivity index (χ2n) is 3.93. The van der Waals surface area contributed by atoms with Crippen molar-refractivity contribution in [2.75, 3.05) is 12.4 Å². The van der Waals surface area contributed by atoms with Crippen LogP contribution in [0.25, 0.3) is 0 Å². The molecule has 0 aliphatic heterocycles. The van der Waals surface area contributed by atoms with Gasteiger partial charge in [-0.1, -0.05) is 6.07 Å². The second-order valence-corrected chi connectivity index (χ2v) is 5.45. The molecule has 0 atom stereocenters. The number of hydrogen-bond acceptors (Lipinski definition) is 5. The minimum absolute atomic E-state index is 0. The molecule has 22 heavy (non-hydrogen) atoms. The third-order valence-corrected chi connectivity index (χ3v) is 3.01. The number of unbranched alkanes of at least 4 members (excludes halogenated alkanes) is 1. The van der Waals surface area contributed by atoms with Crippen molar-refractivity contribution in [2.24, 2.45) is 0 Å². The number of ether oxygens (including phenoxy) is 2. The van der Waals surface area contributed by atoms with Gasteiger partial charge in [0.25, 0.3) is 0 Å². The molecular weight excluding hydrogens is 320 g/mol. The van der Waals surface area contributed by atoms with Gasteiger partial charge < -0.3 is 14.0 Å². The molecule has 0 N–H and O–H groups in total. The average molecular weight is 332 g/mol. The monoisotopic (exact) mass is 332 g/mol. The Morgan fingerprint density at radius 1 is 1.14 bits per heavy atom. The SMILES string of the molecule is O=S(=O)([O-])CCCCOc1cccc(OC(F)=C(F)F)c1.[Li+]. The van der Waals surface area contributed by atoms with Crippen LogP contribution in [0.15, 0.2) is 36.4 Å². The van der Waals surface area contributed by atoms with Gasteiger partial charge in [0.2, 0.25) is 0 Å². The Morgan fingerprint density at radius 2 is 1.77 bits per heavy atom. The largest absolute Gasteiger partial charge is 1.00 e. The van der Waals surface area contributed by atoms with Gasteiger partial charge in [-0.3, -0.25) is 0 Å². The summed E-state index contributed by atoms with van der Waals surface area (Å²) in [6.07, 6.45) is -2.10. The molecule has 0 radical (unpaired) electrons. The van der Waals surface area contributed by atoms with E-state index in [2.05, 4.69) is 4.74 Å². The molecule has 0 unspecified atom stereocenters. The molecule has 0 heterocycles. The van der Waals surface area contributed by atoms with Crippen LogP contribution in [-0.4, -0.2) is 25.3 Å². The van der Waals surface area contributed by atoms with Crippen LogP contribution in [0.5, 0.6) is 11.5 Å². The fraction of sp³-hybridized carbons (Fsp3) is 0.333. The zero-order valence-corrected chi connectivity index (χ0v) is 12.5. The summed E-state index contributed by atoms with van der Waals surface area (Å²) in [5, 5.41) is 0. The van der Waals surface area contributed by atoms with Crippen LogP contribution in [0.4, 0.5) is 13.2 Å². The van der Waals surface area contributed by atoms with Crippen LogP contribution in [0.2, 0.25) is 0 Å². The van der Waals surface area contributed by atoms with E-state index in [0.717, 1.165) is 0 Å². The van der Waals surface area contributed by atoms with E-state index >= 15 is 0 Å². The first-order valence-electron chi connectivity index (χ1n) is 5.83. The third-order valence-electron chi connectivity index (χ3n) is 2.22. The summed E-state index contributed by atoms with van der Waals surface area (Å²) in [7, 11) is -4.24. The molecule has 118 valence electrons. The maximum atomic E-state index is 12.6. The zero-order chi connectivity index (χ0) is 15.9. The molecular formula is C12H12F3LiO5S. The molecule has 0 aromatic heterocycles. The van der Waals surface area contributed by atoms with E-state index < -0.39 is 28.0 Å². The van der Waals surface area contributed by atoms with E-state index in [0.29, 0.717) is 6.42 Å². The second kappa shape index (κ2) is 9.79. The van der Waals surface area contributed by atoms with Crippen LogP contribution in [0, 0.1) is 0 Å². The van der Waals surface area contributed by atoms with Crippen molar-refractivity contribution < 1.29 is 54.5 Å². The van der Waals surface area contributed by atoms with Gasteiger partial charge in [-0.15, -0.1) is 0 Å². The normalized spacial score (nSPS) is 10.5. The van der Waals surface area contributed by atoms with E-state index in [9.17, 15) is 26.1 Å². The van der Waals surface area contributed by atoms with Gasteiger partial charge in [-0.05, 0) is 25.0 Å². The van der Waals surface area contributed by atoms with Crippen molar-refractivity contribution in [3.8, 4) is 11.5 Å². The smallest absolute Gasteiger partial charge is 0.748 e. The van der Waals surface area contributed by atoms with Crippen LogP contribution in [0.3, 0.4) is 0 Å². The number of hydrogen-bond donors (Lipinski definition) is 0. The molecule has 5 nitrogen and oxygen atoms in total. The first-order chi connectivity index (χ1) is 9.78. The molecule has 0 fully saturated rings. The topological polar surface area (TPSA) is 75.7 Å². The quantitative estimate of drug-likeness (QED) is 0.285. The van der Waals surface area contributed by atoms with E-state index in [1.54, 1.807) is 0 Å². The molecule has 10 heteroatoms. The summed E-state index contributed by atoms with van der Waals surface area (Å²) in [6.45, 7) is 0.120. The predicted molar refractivity (Wildman–Crippen MR) is 66.7 cm³/mol. The molecule has 0 aliphatic carbocycles. The molecule has 0 saturated heterocycles. The number of benzene rings is 1. The maximum Gasteiger partial charge on any atom is 1.00 e. The number of rotatable bonds is 8. The van der Waals surface area contributed by atoms with Crippen molar-refractivity contribution in [2.45, 2.75) is 12.8 Å². The van der Waals surface area contributed by atoms with Gasteiger partial charge in [0.05, 0.1) is 16.7 Å². The summed E-state index contributed by atoms with van der Waals surface area (Å²) in [4.78, 5) is 0. The van der Waals surface area contributed by atoms with Crippen molar-refractivity contribution in [1.82, 2.24) is 0 Å². The molecule has 0 aliphatic rings. The minimum atomic E-state index is -4.24. The molecule has 0 spiro atoms. The Kier molecular flexibility index (Phi) is 9.28. The molecule has 0 bridgehead atoms. The summed E-state index contributed by atoms with van der Waals surface area (Å²) in [5.74, 6) is -0.407. The van der Waals surface area contributed by atoms with Crippen molar-refractivity contribution >= 4 is 10.1 Å². The summed E-state index contributed by atoms with van der Waals surface area (Å²) in [5.41, 5.74) is 0. The Balaban J connectivity index is 0.00000441. The fourth-order valence-corrected chi connectivity index (χ4v) is 1.90. The van der Waals surface area contributed by atoms with Crippen LogP contribution >= 0.6 is 0 Å². The standard InChI is InChI=1S/C12H13F3O5S.Li/c13-11(14)12(15)20-10-5-3-4-9(8-10)19-6-1-2-7-21(16,17)18;/h3-5,8H,1-2,6-7H2,(H,16,17,18);/q;+1/p-1. The third kappa shape index (κ3) is 8.99. The molecule has 1 aromatic carbocycles. The average Bonchev–Trinajstić information content (AvgIpc) is 2.37. The van der Waals surface area contributed by atoms with Crippen LogP contribution < -0.4 is 28.3 Å². The van der Waals surface area contributed by atoms with E-state index in [1.165, 1.54) is 24.3 Å². The Labute approximate surface area is 138 Å². The minimum Gasteiger partial charge on any atom is -0.748 e. The van der Waals surface area contributed by atoms with Crippen LogP contribution in [0.1, 0.15) is 12.8 Å². The molecule has 1 aromatic rings. The van der Waals surface area contributed by atoms with Crippen molar-refractivity contribution in [1.29, 1.82) is 0 Å². The molecule has 0 saturated carbocycles. The predicted octanol–water partition coefficient (Wildman–Crippen LogP) is -0.191. The van der Waals surface area contributed by atoms with Crippen molar-refractivity contribution in [3.05, 3.63) is 36.4 Å². The number of halogens is 3. The molecule has 1 rings (SSSR count). The Bertz CT molecular complexity index is 603. The van der Waals surface area contributed by atoms with Crippen molar-refractivity contribution in [3.63, 3.8) is 0 Å². The van der Waals surface area contributed by atoms with E-state index in [4.69, 9.17) is 4.74 Å². The van der Waals surface area contributed by atoms with Gasteiger partial charge >= 0.3 is 31.0 Å². The molecule has 0 amide bonds. The van der Waals surface area contributed by atoms with Gasteiger partial charge in [0.1, 0.15) is 11.5 Å². The first kappa shape index (κ1) is 20.9. The van der Waals surface area contributed by atoms with Gasteiger partial charge in [-0.2, -0.15) is 13.2 Å². The van der Waals surface area contributed by atoms with Gasteiger partial charge in [0.15, 0.2) is 0 Å². The summed E-state index contributed by atoms with van der Waals surface area (Å²) >= 11 is 0. The maximum absolute atomic E-state index is 12.6. The summed E-state index contributed by atoms with van der Waals surface area (Å²) in [6, 6.07) is 3.38. The van der Waals surface area contributed by atoms with E-state index in [1.807, 2.05) is 0 Å². The zero-order valence-electron chi connectivity index (χ0n) is 11.7. The van der Waals surface area contributed by atoms with Gasteiger partial charge in [-0.25, -0.2) is 8.42 Å². The van der Waals surface area contributed by atoms with Gasteiger partial charge in [0, 0.05) is 11.8 Å². The Morgan fingerprint density at radius 3 is 2.36 bits per heavy atom. The van der Waals surface area contributed by atoms with E-state index in [-0.39, 0.29) is 43.4 Å². The first-order valence-corrected chi connectivity index (χ1v) is 7.41. The fourth-order valence-electron chi connectivity index (χ4n) is 1.34.